The fourth-order valence-electron chi connectivity index (χ4n) is 1.19. The lowest BCUT2D eigenvalue weighted by molar-refractivity contribution is -0.125. The quantitative estimate of drug-likeness (QED) is 0.766. The van der Waals surface area contributed by atoms with Gasteiger partial charge in [0.2, 0.25) is 11.7 Å². The van der Waals surface area contributed by atoms with Gasteiger partial charge in [0.25, 0.3) is 0 Å². The van der Waals surface area contributed by atoms with Gasteiger partial charge in [0.15, 0.2) is 0 Å². The third kappa shape index (κ3) is 3.80. The summed E-state index contributed by atoms with van der Waals surface area (Å²) >= 11 is 1.46. The van der Waals surface area contributed by atoms with Crippen LogP contribution in [0.15, 0.2) is 16.5 Å². The smallest absolute Gasteiger partial charge is 0.373 e. The van der Waals surface area contributed by atoms with Gasteiger partial charge in [-0.25, -0.2) is 4.79 Å². The van der Waals surface area contributed by atoms with Crippen molar-refractivity contribution in [3.8, 4) is 0 Å². The topological polar surface area (TPSA) is 59.8 Å². The van der Waals surface area contributed by atoms with Crippen LogP contribution in [0.3, 0.4) is 0 Å². The highest BCUT2D eigenvalue weighted by Gasteiger charge is 2.17. The summed E-state index contributed by atoms with van der Waals surface area (Å²) in [6.07, 6.45) is 0. The van der Waals surface area contributed by atoms with Crippen LogP contribution in [0.5, 0.6) is 0 Å². The molecular formula is C12H17NO4S. The van der Waals surface area contributed by atoms with E-state index >= 15 is 0 Å². The van der Waals surface area contributed by atoms with Crippen molar-refractivity contribution in [1.82, 2.24) is 4.90 Å². The Kier molecular flexibility index (Phi) is 5.27. The Hall–Kier alpha value is -1.43. The number of nitrogens with zero attached hydrogens (tertiary/aromatic N) is 1. The molecule has 0 saturated heterocycles. The molecule has 1 aromatic heterocycles. The molecule has 0 bridgehead atoms. The zero-order chi connectivity index (χ0) is 13.7. The van der Waals surface area contributed by atoms with E-state index in [1.54, 1.807) is 31.1 Å². The van der Waals surface area contributed by atoms with E-state index in [1.807, 2.05) is 6.92 Å². The molecular weight excluding hydrogens is 254 g/mol. The zero-order valence-corrected chi connectivity index (χ0v) is 11.7. The minimum absolute atomic E-state index is 0.00676. The Morgan fingerprint density at radius 3 is 2.67 bits per heavy atom. The highest BCUT2D eigenvalue weighted by molar-refractivity contribution is 8.00. The third-order valence-corrected chi connectivity index (χ3v) is 3.52. The summed E-state index contributed by atoms with van der Waals surface area (Å²) in [5, 5.41) is 0.00676. The number of thioether (sulfide) groups is 1. The van der Waals surface area contributed by atoms with Gasteiger partial charge >= 0.3 is 5.97 Å². The van der Waals surface area contributed by atoms with Gasteiger partial charge in [0.1, 0.15) is 5.76 Å². The lowest BCUT2D eigenvalue weighted by atomic mass is 10.3. The van der Waals surface area contributed by atoms with Crippen LogP contribution >= 0.6 is 11.8 Å². The van der Waals surface area contributed by atoms with E-state index < -0.39 is 5.97 Å². The summed E-state index contributed by atoms with van der Waals surface area (Å²) in [6, 6.07) is 3.30. The van der Waals surface area contributed by atoms with Crippen molar-refractivity contribution < 1.29 is 18.7 Å². The van der Waals surface area contributed by atoms with E-state index in [2.05, 4.69) is 4.74 Å². The summed E-state index contributed by atoms with van der Waals surface area (Å²) in [6.45, 7) is 1.92. The lowest BCUT2D eigenvalue weighted by Crippen LogP contribution is -2.23. The highest BCUT2D eigenvalue weighted by Crippen LogP contribution is 2.29. The second-order valence-electron chi connectivity index (χ2n) is 3.93. The van der Waals surface area contributed by atoms with E-state index in [1.165, 1.54) is 18.9 Å². The Morgan fingerprint density at radius 1 is 1.44 bits per heavy atom. The SMILES string of the molecule is COC(=O)c1ccc(C(C)SCC(=O)N(C)C)o1. The molecule has 0 fully saturated rings. The third-order valence-electron chi connectivity index (χ3n) is 2.37. The maximum absolute atomic E-state index is 11.4. The number of furan rings is 1. The maximum atomic E-state index is 11.4. The van der Waals surface area contributed by atoms with Crippen molar-refractivity contribution in [2.45, 2.75) is 12.2 Å². The van der Waals surface area contributed by atoms with Gasteiger partial charge < -0.3 is 14.1 Å². The second kappa shape index (κ2) is 6.49. The number of hydrogen-bond acceptors (Lipinski definition) is 5. The normalized spacial score (nSPS) is 12.0. The molecule has 0 N–H and O–H groups in total. The number of carbonyl (C=O) groups excluding carboxylic acids is 2. The molecule has 0 radical (unpaired) electrons. The van der Waals surface area contributed by atoms with Gasteiger partial charge in [-0.2, -0.15) is 0 Å². The summed E-state index contributed by atoms with van der Waals surface area (Å²) in [5.74, 6) is 0.767. The molecule has 1 heterocycles. The predicted octanol–water partition coefficient (Wildman–Crippen LogP) is 1.95. The molecule has 0 aromatic carbocycles. The van der Waals surface area contributed by atoms with Crippen molar-refractivity contribution in [2.24, 2.45) is 0 Å². The first-order chi connectivity index (χ1) is 8.45. The molecule has 0 aliphatic heterocycles. The summed E-state index contributed by atoms with van der Waals surface area (Å²) < 4.78 is 9.93. The fourth-order valence-corrected chi connectivity index (χ4v) is 2.13. The predicted molar refractivity (Wildman–Crippen MR) is 69.6 cm³/mol. The number of ether oxygens (including phenoxy) is 1. The molecule has 1 amide bonds. The first-order valence-electron chi connectivity index (χ1n) is 5.45. The van der Waals surface area contributed by atoms with Crippen LogP contribution in [0.25, 0.3) is 0 Å². The number of amides is 1. The zero-order valence-electron chi connectivity index (χ0n) is 10.9. The number of rotatable bonds is 5. The van der Waals surface area contributed by atoms with Gasteiger partial charge in [-0.05, 0) is 19.1 Å². The number of hydrogen-bond donors (Lipinski definition) is 0. The van der Waals surface area contributed by atoms with Crippen molar-refractivity contribution >= 4 is 23.6 Å². The van der Waals surface area contributed by atoms with E-state index in [9.17, 15) is 9.59 Å². The van der Waals surface area contributed by atoms with E-state index in [0.29, 0.717) is 11.5 Å². The molecule has 0 saturated carbocycles. The fraction of sp³-hybridized carbons (Fsp3) is 0.500. The number of methoxy groups -OCH3 is 1. The van der Waals surface area contributed by atoms with Gasteiger partial charge in [-0.1, -0.05) is 0 Å². The van der Waals surface area contributed by atoms with Crippen molar-refractivity contribution in [3.05, 3.63) is 23.7 Å². The van der Waals surface area contributed by atoms with Crippen LogP contribution in [0.4, 0.5) is 0 Å². The van der Waals surface area contributed by atoms with Crippen molar-refractivity contribution in [1.29, 1.82) is 0 Å². The highest BCUT2D eigenvalue weighted by atomic mass is 32.2. The Labute approximate surface area is 110 Å². The molecule has 1 unspecified atom stereocenters. The van der Waals surface area contributed by atoms with Crippen LogP contribution < -0.4 is 0 Å². The van der Waals surface area contributed by atoms with Gasteiger partial charge in [-0.15, -0.1) is 11.8 Å². The molecule has 1 atom stereocenters. The Bertz CT molecular complexity index is 427. The van der Waals surface area contributed by atoms with Crippen LogP contribution in [-0.2, 0) is 9.53 Å². The molecule has 0 spiro atoms. The minimum Gasteiger partial charge on any atom is -0.463 e. The molecule has 18 heavy (non-hydrogen) atoms. The van der Waals surface area contributed by atoms with Crippen molar-refractivity contribution in [2.75, 3.05) is 27.0 Å². The van der Waals surface area contributed by atoms with Crippen LogP contribution in [-0.4, -0.2) is 43.7 Å². The summed E-state index contributed by atoms with van der Waals surface area (Å²) in [7, 11) is 4.74. The monoisotopic (exact) mass is 271 g/mol. The lowest BCUT2D eigenvalue weighted by Gasteiger charge is -2.12. The first-order valence-corrected chi connectivity index (χ1v) is 6.50. The molecule has 0 aliphatic rings. The first kappa shape index (κ1) is 14.6. The molecule has 1 aromatic rings. The van der Waals surface area contributed by atoms with Crippen LogP contribution in [0.1, 0.15) is 28.5 Å². The number of carbonyl (C=O) groups is 2. The molecule has 0 aliphatic carbocycles. The van der Waals surface area contributed by atoms with Crippen LogP contribution in [0, 0.1) is 0 Å². The summed E-state index contributed by atoms with van der Waals surface area (Å²) in [5.41, 5.74) is 0. The Balaban J connectivity index is 2.57. The number of esters is 1. The largest absolute Gasteiger partial charge is 0.463 e. The molecule has 6 heteroatoms. The molecule has 5 nitrogen and oxygen atoms in total. The Morgan fingerprint density at radius 2 is 2.11 bits per heavy atom. The standard InChI is InChI=1S/C12H17NO4S/c1-8(18-7-11(14)13(2)3)9-5-6-10(17-9)12(15)16-4/h5-6,8H,7H2,1-4H3. The average molecular weight is 271 g/mol. The maximum Gasteiger partial charge on any atom is 0.373 e. The minimum atomic E-state index is -0.497. The molecule has 1 rings (SSSR count). The van der Waals surface area contributed by atoms with Gasteiger partial charge in [-0.3, -0.25) is 4.79 Å². The van der Waals surface area contributed by atoms with Crippen LogP contribution in [0.2, 0.25) is 0 Å². The van der Waals surface area contributed by atoms with Gasteiger partial charge in [0, 0.05) is 14.1 Å². The van der Waals surface area contributed by atoms with E-state index in [4.69, 9.17) is 4.42 Å². The van der Waals surface area contributed by atoms with E-state index in [0.717, 1.165) is 0 Å². The average Bonchev–Trinajstić information content (AvgIpc) is 2.83. The van der Waals surface area contributed by atoms with E-state index in [-0.39, 0.29) is 16.9 Å². The molecule has 100 valence electrons. The summed E-state index contributed by atoms with van der Waals surface area (Å²) in [4.78, 5) is 24.2. The van der Waals surface area contributed by atoms with Gasteiger partial charge in [0.05, 0.1) is 18.1 Å². The van der Waals surface area contributed by atoms with Crippen molar-refractivity contribution in [3.63, 3.8) is 0 Å². The second-order valence-corrected chi connectivity index (χ2v) is 5.26.